The van der Waals surface area contributed by atoms with Crippen molar-refractivity contribution in [3.05, 3.63) is 23.8 Å². The molecule has 0 aromatic heterocycles. The van der Waals surface area contributed by atoms with Crippen molar-refractivity contribution >= 4 is 17.5 Å². The first kappa shape index (κ1) is 10.8. The summed E-state index contributed by atoms with van der Waals surface area (Å²) in [6.45, 7) is -0.270. The number of anilines is 1. The van der Waals surface area contributed by atoms with Crippen molar-refractivity contribution in [1.29, 1.82) is 0 Å². The maximum Gasteiger partial charge on any atom is 0.253 e. The van der Waals surface area contributed by atoms with Gasteiger partial charge in [-0.15, -0.1) is 0 Å². The molecule has 0 radical (unpaired) electrons. The highest BCUT2D eigenvalue weighted by molar-refractivity contribution is 6.00. The minimum absolute atomic E-state index is 0.0755. The first-order chi connectivity index (χ1) is 7.00. The van der Waals surface area contributed by atoms with Crippen LogP contribution in [-0.2, 0) is 4.79 Å². The number of nitrogen functional groups attached to an aromatic ring is 1. The molecule has 1 aromatic rings. The number of carbonyl (C=O) groups excluding carboxylic acids is 2. The molecule has 0 saturated heterocycles. The van der Waals surface area contributed by atoms with Crippen LogP contribution in [0.5, 0.6) is 5.75 Å². The summed E-state index contributed by atoms with van der Waals surface area (Å²) in [5, 5.41) is 11.4. The minimum Gasteiger partial charge on any atom is -0.508 e. The maximum absolute atomic E-state index is 11.4. The lowest BCUT2D eigenvalue weighted by Gasteiger charge is -2.06. The Morgan fingerprint density at radius 2 is 2.07 bits per heavy atom. The average molecular weight is 209 g/mol. The fourth-order valence-corrected chi connectivity index (χ4v) is 1.00. The topological polar surface area (TPSA) is 118 Å². The zero-order chi connectivity index (χ0) is 11.4. The van der Waals surface area contributed by atoms with Gasteiger partial charge in [0, 0.05) is 5.69 Å². The molecule has 6 heteroatoms. The van der Waals surface area contributed by atoms with E-state index in [4.69, 9.17) is 16.6 Å². The third-order valence-electron chi connectivity index (χ3n) is 1.70. The highest BCUT2D eigenvalue weighted by atomic mass is 16.3. The SMILES string of the molecule is NC(=O)CNC(=O)c1cc(O)ccc1N. The fourth-order valence-electron chi connectivity index (χ4n) is 1.00. The molecule has 6 nitrogen and oxygen atoms in total. The highest BCUT2D eigenvalue weighted by Crippen LogP contribution is 2.17. The summed E-state index contributed by atoms with van der Waals surface area (Å²) in [5.41, 5.74) is 10.7. The molecule has 1 aromatic carbocycles. The second-order valence-electron chi connectivity index (χ2n) is 2.92. The Hall–Kier alpha value is -2.24. The number of hydrogen-bond acceptors (Lipinski definition) is 4. The number of benzene rings is 1. The Balaban J connectivity index is 2.81. The lowest BCUT2D eigenvalue weighted by atomic mass is 10.1. The molecule has 0 spiro atoms. The number of hydrogen-bond donors (Lipinski definition) is 4. The molecule has 0 heterocycles. The third-order valence-corrected chi connectivity index (χ3v) is 1.70. The molecule has 6 N–H and O–H groups in total. The van der Waals surface area contributed by atoms with Crippen LogP contribution in [0.3, 0.4) is 0 Å². The second-order valence-corrected chi connectivity index (χ2v) is 2.92. The van der Waals surface area contributed by atoms with E-state index in [1.807, 2.05) is 0 Å². The number of aromatic hydroxyl groups is 1. The van der Waals surface area contributed by atoms with E-state index in [0.717, 1.165) is 0 Å². The van der Waals surface area contributed by atoms with Gasteiger partial charge in [-0.2, -0.15) is 0 Å². The summed E-state index contributed by atoms with van der Waals surface area (Å²) >= 11 is 0. The lowest BCUT2D eigenvalue weighted by molar-refractivity contribution is -0.117. The molecule has 0 aliphatic rings. The summed E-state index contributed by atoms with van der Waals surface area (Å²) in [6.07, 6.45) is 0. The Morgan fingerprint density at radius 3 is 2.67 bits per heavy atom. The van der Waals surface area contributed by atoms with Crippen LogP contribution in [0.15, 0.2) is 18.2 Å². The zero-order valence-electron chi connectivity index (χ0n) is 7.86. The van der Waals surface area contributed by atoms with Crippen molar-refractivity contribution in [2.24, 2.45) is 5.73 Å². The Morgan fingerprint density at radius 1 is 1.40 bits per heavy atom. The maximum atomic E-state index is 11.4. The van der Waals surface area contributed by atoms with Crippen LogP contribution in [-0.4, -0.2) is 23.5 Å². The van der Waals surface area contributed by atoms with Gasteiger partial charge in [-0.25, -0.2) is 0 Å². The van der Waals surface area contributed by atoms with Crippen molar-refractivity contribution in [2.45, 2.75) is 0 Å². The first-order valence-corrected chi connectivity index (χ1v) is 4.15. The Labute approximate surface area is 85.9 Å². The lowest BCUT2D eigenvalue weighted by Crippen LogP contribution is -2.33. The Kier molecular flexibility index (Phi) is 3.12. The van der Waals surface area contributed by atoms with Crippen LogP contribution in [0.4, 0.5) is 5.69 Å². The molecule has 15 heavy (non-hydrogen) atoms. The summed E-state index contributed by atoms with van der Waals surface area (Å²) in [4.78, 5) is 21.8. The molecule has 0 atom stereocenters. The quantitative estimate of drug-likeness (QED) is 0.384. The minimum atomic E-state index is -0.651. The van der Waals surface area contributed by atoms with Gasteiger partial charge in [-0.1, -0.05) is 0 Å². The van der Waals surface area contributed by atoms with Crippen LogP contribution >= 0.6 is 0 Å². The smallest absolute Gasteiger partial charge is 0.253 e. The molecule has 0 aliphatic heterocycles. The van der Waals surface area contributed by atoms with Crippen LogP contribution in [0.25, 0.3) is 0 Å². The predicted molar refractivity (Wildman–Crippen MR) is 54.0 cm³/mol. The van der Waals surface area contributed by atoms with Gasteiger partial charge in [0.2, 0.25) is 5.91 Å². The molecule has 2 amide bonds. The van der Waals surface area contributed by atoms with Crippen LogP contribution in [0, 0.1) is 0 Å². The number of primary amides is 1. The van der Waals surface area contributed by atoms with E-state index in [1.165, 1.54) is 18.2 Å². The first-order valence-electron chi connectivity index (χ1n) is 4.15. The molecular formula is C9H11N3O3. The van der Waals surface area contributed by atoms with Crippen molar-refractivity contribution in [3.63, 3.8) is 0 Å². The molecule has 80 valence electrons. The van der Waals surface area contributed by atoms with Crippen LogP contribution in [0.2, 0.25) is 0 Å². The van der Waals surface area contributed by atoms with Gasteiger partial charge in [0.1, 0.15) is 5.75 Å². The van der Waals surface area contributed by atoms with E-state index in [1.54, 1.807) is 0 Å². The van der Waals surface area contributed by atoms with Gasteiger partial charge in [0.25, 0.3) is 5.91 Å². The summed E-state index contributed by atoms with van der Waals surface area (Å²) < 4.78 is 0. The van der Waals surface area contributed by atoms with Crippen LogP contribution in [0.1, 0.15) is 10.4 Å². The van der Waals surface area contributed by atoms with Crippen molar-refractivity contribution in [3.8, 4) is 5.75 Å². The van der Waals surface area contributed by atoms with Gasteiger partial charge in [-0.05, 0) is 18.2 Å². The monoisotopic (exact) mass is 209 g/mol. The molecular weight excluding hydrogens is 198 g/mol. The van der Waals surface area contributed by atoms with E-state index < -0.39 is 11.8 Å². The van der Waals surface area contributed by atoms with E-state index >= 15 is 0 Å². The van der Waals surface area contributed by atoms with E-state index in [9.17, 15) is 9.59 Å². The van der Waals surface area contributed by atoms with Gasteiger partial charge >= 0.3 is 0 Å². The van der Waals surface area contributed by atoms with Crippen molar-refractivity contribution in [2.75, 3.05) is 12.3 Å². The second kappa shape index (κ2) is 4.32. The molecule has 1 rings (SSSR count). The number of nitrogens with one attached hydrogen (secondary N) is 1. The number of nitrogens with two attached hydrogens (primary N) is 2. The van der Waals surface area contributed by atoms with Crippen molar-refractivity contribution < 1.29 is 14.7 Å². The van der Waals surface area contributed by atoms with Crippen LogP contribution < -0.4 is 16.8 Å². The molecule has 0 bridgehead atoms. The molecule has 0 saturated carbocycles. The van der Waals surface area contributed by atoms with Gasteiger partial charge in [0.15, 0.2) is 0 Å². The zero-order valence-corrected chi connectivity index (χ0v) is 7.86. The molecule has 0 aliphatic carbocycles. The summed E-state index contributed by atoms with van der Waals surface area (Å²) in [5.74, 6) is -1.28. The molecule has 0 unspecified atom stereocenters. The average Bonchev–Trinajstić information content (AvgIpc) is 2.18. The van der Waals surface area contributed by atoms with E-state index in [-0.39, 0.29) is 23.5 Å². The van der Waals surface area contributed by atoms with Gasteiger partial charge in [-0.3, -0.25) is 9.59 Å². The van der Waals surface area contributed by atoms with Gasteiger partial charge in [0.05, 0.1) is 12.1 Å². The Bertz CT molecular complexity index is 404. The number of phenols is 1. The van der Waals surface area contributed by atoms with Gasteiger partial charge < -0.3 is 21.9 Å². The third kappa shape index (κ3) is 2.87. The summed E-state index contributed by atoms with van der Waals surface area (Å²) in [6, 6.07) is 3.97. The molecule has 0 fully saturated rings. The highest BCUT2D eigenvalue weighted by Gasteiger charge is 2.10. The predicted octanol–water partition coefficient (Wildman–Crippen LogP) is -0.811. The standard InChI is InChI=1S/C9H11N3O3/c10-7-2-1-5(13)3-6(7)9(15)12-4-8(11)14/h1-3,13H,4,10H2,(H2,11,14)(H,12,15). The van der Waals surface area contributed by atoms with E-state index in [2.05, 4.69) is 5.32 Å². The largest absolute Gasteiger partial charge is 0.508 e. The number of phenolic OH excluding ortho intramolecular Hbond substituents is 1. The number of carbonyl (C=O) groups is 2. The van der Waals surface area contributed by atoms with Crippen molar-refractivity contribution in [1.82, 2.24) is 5.32 Å². The normalized spacial score (nSPS) is 9.60. The number of amides is 2. The number of rotatable bonds is 3. The summed E-state index contributed by atoms with van der Waals surface area (Å²) in [7, 11) is 0. The fraction of sp³-hybridized carbons (Fsp3) is 0.111. The van der Waals surface area contributed by atoms with E-state index in [0.29, 0.717) is 0 Å².